The second-order valence-electron chi connectivity index (χ2n) is 8.39. The Kier molecular flexibility index (Phi) is 7.50. The molecule has 33 heavy (non-hydrogen) atoms. The molecule has 0 spiro atoms. The van der Waals surface area contributed by atoms with Gasteiger partial charge in [0, 0.05) is 30.4 Å². The van der Waals surface area contributed by atoms with Crippen molar-refractivity contribution in [2.45, 2.75) is 42.7 Å². The summed E-state index contributed by atoms with van der Waals surface area (Å²) in [5, 5.41) is 4.06. The van der Waals surface area contributed by atoms with Gasteiger partial charge in [-0.25, -0.2) is 9.97 Å². The van der Waals surface area contributed by atoms with E-state index < -0.39 is 0 Å². The summed E-state index contributed by atoms with van der Waals surface area (Å²) in [6.45, 7) is 5.61. The molecule has 1 aliphatic heterocycles. The normalized spacial score (nSPS) is 16.8. The Morgan fingerprint density at radius 3 is 2.58 bits per heavy atom. The molecule has 1 amide bonds. The van der Waals surface area contributed by atoms with Crippen LogP contribution in [-0.4, -0.2) is 36.1 Å². The van der Waals surface area contributed by atoms with Crippen LogP contribution in [0.25, 0.3) is 0 Å². The van der Waals surface area contributed by atoms with E-state index in [2.05, 4.69) is 51.4 Å². The topological polar surface area (TPSA) is 67.3 Å². The maximum atomic E-state index is 13.1. The van der Waals surface area contributed by atoms with Crippen LogP contribution in [0, 0.1) is 12.8 Å². The molecule has 2 aromatic carbocycles. The van der Waals surface area contributed by atoms with Crippen LogP contribution in [0.15, 0.2) is 70.8 Å². The summed E-state index contributed by atoms with van der Waals surface area (Å²) in [5.41, 5.74) is 2.29. The molecular weight excluding hydrogens is 432 g/mol. The quantitative estimate of drug-likeness (QED) is 0.531. The van der Waals surface area contributed by atoms with E-state index in [1.165, 1.54) is 5.56 Å². The van der Waals surface area contributed by atoms with Crippen LogP contribution < -0.4 is 15.0 Å². The monoisotopic (exact) mass is 462 g/mol. The minimum atomic E-state index is -0.0846. The number of nitrogens with one attached hydrogen (secondary N) is 1. The highest BCUT2D eigenvalue weighted by Crippen LogP contribution is 2.34. The van der Waals surface area contributed by atoms with Gasteiger partial charge in [-0.2, -0.15) is 0 Å². The maximum absolute atomic E-state index is 13.1. The summed E-state index contributed by atoms with van der Waals surface area (Å²) in [7, 11) is 1.65. The summed E-state index contributed by atoms with van der Waals surface area (Å²) in [6.07, 6.45) is 5.27. The summed E-state index contributed by atoms with van der Waals surface area (Å²) in [4.78, 5) is 25.6. The van der Waals surface area contributed by atoms with Crippen LogP contribution in [0.2, 0.25) is 0 Å². The van der Waals surface area contributed by atoms with Crippen molar-refractivity contribution in [3.63, 3.8) is 0 Å². The molecule has 1 saturated heterocycles. The van der Waals surface area contributed by atoms with Gasteiger partial charge in [0.05, 0.1) is 19.1 Å². The van der Waals surface area contributed by atoms with E-state index in [0.717, 1.165) is 46.4 Å². The molecule has 0 unspecified atom stereocenters. The first-order valence-corrected chi connectivity index (χ1v) is 12.1. The molecule has 1 N–H and O–H groups in total. The predicted molar refractivity (Wildman–Crippen MR) is 132 cm³/mol. The number of benzene rings is 2. The Morgan fingerprint density at radius 1 is 1.12 bits per heavy atom. The van der Waals surface area contributed by atoms with Crippen molar-refractivity contribution in [3.05, 3.63) is 72.1 Å². The molecule has 2 heterocycles. The Morgan fingerprint density at radius 2 is 1.85 bits per heavy atom. The molecule has 0 aliphatic carbocycles. The highest BCUT2D eigenvalue weighted by Gasteiger charge is 2.29. The molecule has 0 bridgehead atoms. The van der Waals surface area contributed by atoms with Gasteiger partial charge >= 0.3 is 0 Å². The fraction of sp³-hybridized carbons (Fsp3) is 0.346. The zero-order valence-corrected chi connectivity index (χ0v) is 20.1. The molecule has 1 aliphatic rings. The molecule has 7 heteroatoms. The van der Waals surface area contributed by atoms with E-state index in [4.69, 9.17) is 4.74 Å². The molecule has 1 fully saturated rings. The number of ether oxygens (including phenoxy) is 1. The van der Waals surface area contributed by atoms with Gasteiger partial charge < -0.3 is 15.0 Å². The minimum absolute atomic E-state index is 0.0667. The fourth-order valence-electron chi connectivity index (χ4n) is 4.02. The van der Waals surface area contributed by atoms with Crippen LogP contribution in [-0.2, 0) is 4.79 Å². The first-order valence-electron chi connectivity index (χ1n) is 11.3. The molecule has 6 nitrogen and oxygen atoms in total. The highest BCUT2D eigenvalue weighted by molar-refractivity contribution is 7.99. The minimum Gasteiger partial charge on any atom is -0.497 e. The zero-order chi connectivity index (χ0) is 23.2. The lowest BCUT2D eigenvalue weighted by molar-refractivity contribution is -0.125. The largest absolute Gasteiger partial charge is 0.497 e. The van der Waals surface area contributed by atoms with E-state index in [9.17, 15) is 4.79 Å². The number of rotatable bonds is 7. The van der Waals surface area contributed by atoms with Gasteiger partial charge in [-0.05, 0) is 56.5 Å². The number of carbonyl (C=O) groups is 1. The zero-order valence-electron chi connectivity index (χ0n) is 19.3. The van der Waals surface area contributed by atoms with Gasteiger partial charge in [-0.1, -0.05) is 41.6 Å². The number of piperidine rings is 1. The summed E-state index contributed by atoms with van der Waals surface area (Å²) < 4.78 is 5.23. The van der Waals surface area contributed by atoms with Crippen molar-refractivity contribution in [1.29, 1.82) is 0 Å². The number of methoxy groups -OCH3 is 1. The number of hydrogen-bond donors (Lipinski definition) is 1. The first-order chi connectivity index (χ1) is 16.0. The number of aryl methyl sites for hydroxylation is 1. The molecule has 2 atom stereocenters. The summed E-state index contributed by atoms with van der Waals surface area (Å²) in [5.74, 6) is 1.66. The lowest BCUT2D eigenvalue weighted by atomic mass is 9.96. The van der Waals surface area contributed by atoms with E-state index in [-0.39, 0.29) is 17.9 Å². The van der Waals surface area contributed by atoms with Gasteiger partial charge in [0.25, 0.3) is 0 Å². The van der Waals surface area contributed by atoms with E-state index in [1.54, 1.807) is 31.3 Å². The van der Waals surface area contributed by atoms with Crippen molar-refractivity contribution in [3.8, 4) is 5.75 Å². The Hall–Kier alpha value is -3.06. The Bertz CT molecular complexity index is 1070. The number of nitrogens with zero attached hydrogens (tertiary/aromatic N) is 3. The van der Waals surface area contributed by atoms with Crippen molar-refractivity contribution >= 4 is 23.5 Å². The second-order valence-corrected chi connectivity index (χ2v) is 9.45. The third kappa shape index (κ3) is 5.85. The number of carbonyl (C=O) groups excluding carboxylic acids is 1. The molecule has 3 aromatic rings. The summed E-state index contributed by atoms with van der Waals surface area (Å²) in [6, 6.07) is 16.2. The average Bonchev–Trinajstić information content (AvgIpc) is 2.86. The fourth-order valence-corrected chi connectivity index (χ4v) is 4.90. The number of hydrogen-bond acceptors (Lipinski definition) is 6. The number of amides is 1. The smallest absolute Gasteiger partial charge is 0.225 e. The lowest BCUT2D eigenvalue weighted by Crippen LogP contribution is -2.44. The third-order valence-electron chi connectivity index (χ3n) is 5.95. The van der Waals surface area contributed by atoms with Gasteiger partial charge in [0.15, 0.2) is 5.82 Å². The molecule has 4 rings (SSSR count). The summed E-state index contributed by atoms with van der Waals surface area (Å²) >= 11 is 1.61. The van der Waals surface area contributed by atoms with Crippen LogP contribution in [0.1, 0.15) is 36.9 Å². The van der Waals surface area contributed by atoms with Crippen LogP contribution in [0.3, 0.4) is 0 Å². The molecular formula is C26H30N4O2S. The van der Waals surface area contributed by atoms with Crippen molar-refractivity contribution < 1.29 is 9.53 Å². The SMILES string of the molecule is COc1ccc([C@@H](C)NC(=O)[C@H]2CCCN(c3nccnc3Sc3ccc(C)cc3)C2)cc1. The molecule has 1 aromatic heterocycles. The van der Waals surface area contributed by atoms with Crippen LogP contribution >= 0.6 is 11.8 Å². The van der Waals surface area contributed by atoms with Crippen LogP contribution in [0.5, 0.6) is 5.75 Å². The van der Waals surface area contributed by atoms with E-state index in [0.29, 0.717) is 6.54 Å². The van der Waals surface area contributed by atoms with E-state index in [1.807, 2.05) is 31.2 Å². The molecule has 172 valence electrons. The van der Waals surface area contributed by atoms with Gasteiger partial charge in [-0.3, -0.25) is 4.79 Å². The van der Waals surface area contributed by atoms with Gasteiger partial charge in [0.1, 0.15) is 10.8 Å². The van der Waals surface area contributed by atoms with Gasteiger partial charge in [-0.15, -0.1) is 0 Å². The number of aromatic nitrogens is 2. The second kappa shape index (κ2) is 10.7. The van der Waals surface area contributed by atoms with Crippen molar-refractivity contribution in [2.24, 2.45) is 5.92 Å². The Balaban J connectivity index is 1.42. The highest BCUT2D eigenvalue weighted by atomic mass is 32.2. The lowest BCUT2D eigenvalue weighted by Gasteiger charge is -2.34. The third-order valence-corrected chi connectivity index (χ3v) is 6.94. The predicted octanol–water partition coefficient (Wildman–Crippen LogP) is 5.04. The van der Waals surface area contributed by atoms with E-state index >= 15 is 0 Å². The molecule has 0 radical (unpaired) electrons. The Labute approximate surface area is 199 Å². The van der Waals surface area contributed by atoms with Gasteiger partial charge in [0.2, 0.25) is 5.91 Å². The number of anilines is 1. The van der Waals surface area contributed by atoms with Crippen molar-refractivity contribution in [2.75, 3.05) is 25.1 Å². The van der Waals surface area contributed by atoms with Crippen molar-refractivity contribution in [1.82, 2.24) is 15.3 Å². The first kappa shape index (κ1) is 23.1. The average molecular weight is 463 g/mol. The molecule has 0 saturated carbocycles. The maximum Gasteiger partial charge on any atom is 0.225 e. The standard InChI is InChI=1S/C26H30N4O2S/c1-18-6-12-23(13-7-18)33-26-24(27-14-15-28-26)30-16-4-5-21(17-30)25(31)29-19(2)20-8-10-22(32-3)11-9-20/h6-15,19,21H,4-5,16-17H2,1-3H3,(H,29,31)/t19-,21+/m1/s1. The van der Waals surface area contributed by atoms with Crippen LogP contribution in [0.4, 0.5) is 5.82 Å².